The normalized spacial score (nSPS) is 13.0. The number of imidazole rings is 1. The Morgan fingerprint density at radius 3 is 2.71 bits per heavy atom. The van der Waals surface area contributed by atoms with Crippen LogP contribution in [0.4, 0.5) is 0 Å². The number of benzene rings is 1. The molecule has 0 amide bonds. The standard InChI is InChI=1S/C16H16BrClN2S/c1-9-6-13(21-11(9)3)8-20-15-5-4-12(17)7-14(15)19-16(20)10(2)18/h4-7,10H,8H2,1-3H3. The number of thiophene rings is 1. The van der Waals surface area contributed by atoms with Gasteiger partial charge in [0.05, 0.1) is 23.0 Å². The third-order valence-corrected chi connectivity index (χ3v) is 5.45. The lowest BCUT2D eigenvalue weighted by molar-refractivity contribution is 0.750. The van der Waals surface area contributed by atoms with E-state index >= 15 is 0 Å². The summed E-state index contributed by atoms with van der Waals surface area (Å²) in [5, 5.41) is -0.113. The molecule has 0 spiro atoms. The Balaban J connectivity index is 2.12. The molecule has 0 radical (unpaired) electrons. The Morgan fingerprint density at radius 1 is 1.33 bits per heavy atom. The molecular weight excluding hydrogens is 368 g/mol. The first-order chi connectivity index (χ1) is 9.95. The number of fused-ring (bicyclic) bond motifs is 1. The van der Waals surface area contributed by atoms with Gasteiger partial charge in [0.2, 0.25) is 0 Å². The number of nitrogens with zero attached hydrogens (tertiary/aromatic N) is 2. The zero-order valence-electron chi connectivity index (χ0n) is 12.2. The summed E-state index contributed by atoms with van der Waals surface area (Å²) in [5.41, 5.74) is 3.46. The molecule has 3 rings (SSSR count). The minimum atomic E-state index is -0.113. The van der Waals surface area contributed by atoms with Crippen molar-refractivity contribution in [3.05, 3.63) is 49.9 Å². The fraction of sp³-hybridized carbons (Fsp3) is 0.312. The minimum absolute atomic E-state index is 0.113. The summed E-state index contributed by atoms with van der Waals surface area (Å²) < 4.78 is 3.26. The van der Waals surface area contributed by atoms with Gasteiger partial charge in [-0.15, -0.1) is 22.9 Å². The Kier molecular flexibility index (Phi) is 4.12. The number of halogens is 2. The van der Waals surface area contributed by atoms with Crippen molar-refractivity contribution in [2.45, 2.75) is 32.7 Å². The Morgan fingerprint density at radius 2 is 2.10 bits per heavy atom. The highest BCUT2D eigenvalue weighted by atomic mass is 79.9. The molecule has 1 aromatic carbocycles. The molecule has 2 nitrogen and oxygen atoms in total. The summed E-state index contributed by atoms with van der Waals surface area (Å²) in [6, 6.07) is 8.45. The summed E-state index contributed by atoms with van der Waals surface area (Å²) >= 11 is 11.7. The number of aryl methyl sites for hydroxylation is 2. The van der Waals surface area contributed by atoms with Gasteiger partial charge in [-0.1, -0.05) is 15.9 Å². The molecule has 21 heavy (non-hydrogen) atoms. The Labute approximate surface area is 141 Å². The molecule has 5 heteroatoms. The number of alkyl halides is 1. The van der Waals surface area contributed by atoms with Crippen LogP contribution in [0.2, 0.25) is 0 Å². The van der Waals surface area contributed by atoms with Crippen LogP contribution in [0, 0.1) is 13.8 Å². The van der Waals surface area contributed by atoms with Crippen LogP contribution < -0.4 is 0 Å². The van der Waals surface area contributed by atoms with Crippen LogP contribution in [0.3, 0.4) is 0 Å². The lowest BCUT2D eigenvalue weighted by Crippen LogP contribution is -2.04. The summed E-state index contributed by atoms with van der Waals surface area (Å²) in [7, 11) is 0. The summed E-state index contributed by atoms with van der Waals surface area (Å²) in [6.07, 6.45) is 0. The molecule has 0 aliphatic rings. The molecule has 1 unspecified atom stereocenters. The second kappa shape index (κ2) is 5.75. The molecule has 110 valence electrons. The topological polar surface area (TPSA) is 17.8 Å². The molecular formula is C16H16BrClN2S. The van der Waals surface area contributed by atoms with E-state index < -0.39 is 0 Å². The van der Waals surface area contributed by atoms with Gasteiger partial charge >= 0.3 is 0 Å². The van der Waals surface area contributed by atoms with Crippen LogP contribution in [0.15, 0.2) is 28.7 Å². The molecule has 3 aromatic rings. The van der Waals surface area contributed by atoms with Crippen molar-refractivity contribution >= 4 is 49.9 Å². The van der Waals surface area contributed by atoms with Gasteiger partial charge in [0, 0.05) is 14.2 Å². The monoisotopic (exact) mass is 382 g/mol. The maximum Gasteiger partial charge on any atom is 0.128 e. The second-order valence-corrected chi connectivity index (χ2v) is 8.17. The molecule has 1 atom stereocenters. The third-order valence-electron chi connectivity index (χ3n) is 3.63. The molecule has 2 aromatic heterocycles. The van der Waals surface area contributed by atoms with E-state index in [9.17, 15) is 0 Å². The third kappa shape index (κ3) is 2.89. The van der Waals surface area contributed by atoms with Gasteiger partial charge in [0.1, 0.15) is 5.82 Å². The van der Waals surface area contributed by atoms with Crippen LogP contribution in [0.1, 0.15) is 33.4 Å². The average molecular weight is 384 g/mol. The van der Waals surface area contributed by atoms with Crippen molar-refractivity contribution in [3.8, 4) is 0 Å². The molecule has 0 fully saturated rings. The van der Waals surface area contributed by atoms with E-state index in [0.29, 0.717) is 0 Å². The van der Waals surface area contributed by atoms with Gasteiger partial charge in [0.15, 0.2) is 0 Å². The summed E-state index contributed by atoms with van der Waals surface area (Å²) in [4.78, 5) is 7.42. The van der Waals surface area contributed by atoms with Crippen molar-refractivity contribution < 1.29 is 0 Å². The van der Waals surface area contributed by atoms with Gasteiger partial charge in [-0.05, 0) is 50.6 Å². The van der Waals surface area contributed by atoms with Gasteiger partial charge < -0.3 is 4.57 Å². The number of rotatable bonds is 3. The van der Waals surface area contributed by atoms with Gasteiger partial charge in [-0.3, -0.25) is 0 Å². The lowest BCUT2D eigenvalue weighted by Gasteiger charge is -2.09. The Hall–Kier alpha value is -0.840. The first kappa shape index (κ1) is 15.1. The quantitative estimate of drug-likeness (QED) is 0.521. The molecule has 2 heterocycles. The average Bonchev–Trinajstić information content (AvgIpc) is 2.91. The van der Waals surface area contributed by atoms with E-state index in [4.69, 9.17) is 16.6 Å². The van der Waals surface area contributed by atoms with Crippen LogP contribution in [-0.2, 0) is 6.54 Å². The van der Waals surface area contributed by atoms with E-state index in [1.807, 2.05) is 30.4 Å². The largest absolute Gasteiger partial charge is 0.321 e. The molecule has 0 aliphatic carbocycles. The van der Waals surface area contributed by atoms with Crippen molar-refractivity contribution in [2.24, 2.45) is 0 Å². The van der Waals surface area contributed by atoms with E-state index in [1.165, 1.54) is 15.3 Å². The van der Waals surface area contributed by atoms with Crippen LogP contribution in [0.25, 0.3) is 11.0 Å². The zero-order valence-corrected chi connectivity index (χ0v) is 15.3. The van der Waals surface area contributed by atoms with Gasteiger partial charge in [-0.2, -0.15) is 0 Å². The van der Waals surface area contributed by atoms with Crippen molar-refractivity contribution in [1.29, 1.82) is 0 Å². The van der Waals surface area contributed by atoms with E-state index in [-0.39, 0.29) is 5.38 Å². The van der Waals surface area contributed by atoms with E-state index in [0.717, 1.165) is 27.9 Å². The van der Waals surface area contributed by atoms with Crippen molar-refractivity contribution in [3.63, 3.8) is 0 Å². The van der Waals surface area contributed by atoms with E-state index in [1.54, 1.807) is 0 Å². The van der Waals surface area contributed by atoms with Gasteiger partial charge in [0.25, 0.3) is 0 Å². The van der Waals surface area contributed by atoms with Crippen LogP contribution in [0.5, 0.6) is 0 Å². The molecule has 0 bridgehead atoms. The molecule has 0 saturated heterocycles. The predicted molar refractivity (Wildman–Crippen MR) is 94.6 cm³/mol. The molecule has 0 saturated carbocycles. The highest BCUT2D eigenvalue weighted by molar-refractivity contribution is 9.10. The zero-order chi connectivity index (χ0) is 15.1. The van der Waals surface area contributed by atoms with Crippen molar-refractivity contribution in [1.82, 2.24) is 9.55 Å². The second-order valence-electron chi connectivity index (χ2n) is 5.26. The van der Waals surface area contributed by atoms with Crippen LogP contribution in [-0.4, -0.2) is 9.55 Å². The lowest BCUT2D eigenvalue weighted by atomic mass is 10.2. The first-order valence-corrected chi connectivity index (χ1v) is 8.86. The van der Waals surface area contributed by atoms with Gasteiger partial charge in [-0.25, -0.2) is 4.98 Å². The number of aromatic nitrogens is 2. The molecule has 0 N–H and O–H groups in total. The highest BCUT2D eigenvalue weighted by Gasteiger charge is 2.16. The first-order valence-electron chi connectivity index (χ1n) is 6.81. The fourth-order valence-corrected chi connectivity index (χ4v) is 4.03. The number of hydrogen-bond acceptors (Lipinski definition) is 2. The highest BCUT2D eigenvalue weighted by Crippen LogP contribution is 2.29. The fourth-order valence-electron chi connectivity index (χ4n) is 2.47. The van der Waals surface area contributed by atoms with Crippen LogP contribution >= 0.6 is 38.9 Å². The maximum absolute atomic E-state index is 6.33. The minimum Gasteiger partial charge on any atom is -0.321 e. The maximum atomic E-state index is 6.33. The number of hydrogen-bond donors (Lipinski definition) is 0. The summed E-state index contributed by atoms with van der Waals surface area (Å²) in [5.74, 6) is 0.925. The Bertz CT molecular complexity index is 785. The van der Waals surface area contributed by atoms with Crippen molar-refractivity contribution in [2.75, 3.05) is 0 Å². The molecule has 0 aliphatic heterocycles. The smallest absolute Gasteiger partial charge is 0.128 e. The SMILES string of the molecule is Cc1cc(Cn2c(C(C)Cl)nc3cc(Br)ccc32)sc1C. The van der Waals surface area contributed by atoms with E-state index in [2.05, 4.69) is 46.5 Å². The summed E-state index contributed by atoms with van der Waals surface area (Å²) in [6.45, 7) is 7.12. The predicted octanol–water partition coefficient (Wildman–Crippen LogP) is 5.83.